The molecule has 0 saturated heterocycles. The Balaban J connectivity index is 3.99. The van der Waals surface area contributed by atoms with Crippen LogP contribution in [0.15, 0.2) is 24.3 Å². The van der Waals surface area contributed by atoms with Gasteiger partial charge >= 0.3 is 0 Å². The van der Waals surface area contributed by atoms with Gasteiger partial charge in [-0.15, -0.1) is 0 Å². The summed E-state index contributed by atoms with van der Waals surface area (Å²) < 4.78 is 0. The number of hydrogen-bond donors (Lipinski definition) is 2. The summed E-state index contributed by atoms with van der Waals surface area (Å²) in [6.07, 6.45) is 2.33. The average molecular weight is 210 g/mol. The summed E-state index contributed by atoms with van der Waals surface area (Å²) in [7, 11) is 1.96. The Bertz CT molecular complexity index is 209. The van der Waals surface area contributed by atoms with E-state index < -0.39 is 0 Å². The molecule has 2 unspecified atom stereocenters. The summed E-state index contributed by atoms with van der Waals surface area (Å²) in [5.41, 5.74) is 2.40. The summed E-state index contributed by atoms with van der Waals surface area (Å²) in [6.45, 7) is 15.3. The van der Waals surface area contributed by atoms with Crippen LogP contribution in [0.25, 0.3) is 0 Å². The van der Waals surface area contributed by atoms with E-state index >= 15 is 0 Å². The van der Waals surface area contributed by atoms with Crippen molar-refractivity contribution in [1.82, 2.24) is 10.6 Å². The summed E-state index contributed by atoms with van der Waals surface area (Å²) in [5, 5.41) is 6.68. The molecule has 0 heterocycles. The smallest absolute Gasteiger partial charge is 0.0277 e. The summed E-state index contributed by atoms with van der Waals surface area (Å²) in [5.74, 6) is 0. The standard InChI is InChI=1S/C13H26N2/c1-7-8-13(10(2)3)15-9-11(4)12(5)14-6/h12-15H,2,4,7-9H2,1,3,5-6H3. The van der Waals surface area contributed by atoms with Crippen LogP contribution in [-0.4, -0.2) is 25.7 Å². The van der Waals surface area contributed by atoms with Gasteiger partial charge in [0.2, 0.25) is 0 Å². The highest BCUT2D eigenvalue weighted by Crippen LogP contribution is 2.07. The Labute approximate surface area is 94.8 Å². The van der Waals surface area contributed by atoms with E-state index in [2.05, 4.69) is 44.6 Å². The topological polar surface area (TPSA) is 24.1 Å². The lowest BCUT2D eigenvalue weighted by Gasteiger charge is -2.21. The molecule has 0 radical (unpaired) electrons. The molecule has 0 saturated carbocycles. The Morgan fingerprint density at radius 3 is 2.33 bits per heavy atom. The molecular weight excluding hydrogens is 184 g/mol. The monoisotopic (exact) mass is 210 g/mol. The third-order valence-electron chi connectivity index (χ3n) is 2.79. The predicted molar refractivity (Wildman–Crippen MR) is 69.2 cm³/mol. The number of likely N-dealkylation sites (N-methyl/N-ethyl adjacent to an activating group) is 1. The zero-order chi connectivity index (χ0) is 11.8. The van der Waals surface area contributed by atoms with Crippen molar-refractivity contribution in [3.63, 3.8) is 0 Å². The van der Waals surface area contributed by atoms with E-state index in [0.717, 1.165) is 13.0 Å². The minimum atomic E-state index is 0.366. The van der Waals surface area contributed by atoms with E-state index in [9.17, 15) is 0 Å². The fraction of sp³-hybridized carbons (Fsp3) is 0.692. The van der Waals surface area contributed by atoms with Gasteiger partial charge in [-0.1, -0.05) is 32.1 Å². The second-order valence-corrected chi connectivity index (χ2v) is 4.24. The number of hydrogen-bond acceptors (Lipinski definition) is 2. The molecule has 2 N–H and O–H groups in total. The molecule has 0 aromatic rings. The molecular formula is C13H26N2. The molecule has 0 aromatic carbocycles. The van der Waals surface area contributed by atoms with Gasteiger partial charge in [0.25, 0.3) is 0 Å². The lowest BCUT2D eigenvalue weighted by molar-refractivity contribution is 0.535. The molecule has 0 rings (SSSR count). The minimum Gasteiger partial charge on any atom is -0.314 e. The van der Waals surface area contributed by atoms with Crippen LogP contribution in [0.1, 0.15) is 33.6 Å². The molecule has 0 aliphatic rings. The maximum Gasteiger partial charge on any atom is 0.0277 e. The number of nitrogens with one attached hydrogen (secondary N) is 2. The molecule has 0 aliphatic carbocycles. The molecule has 2 nitrogen and oxygen atoms in total. The second-order valence-electron chi connectivity index (χ2n) is 4.24. The fourth-order valence-electron chi connectivity index (χ4n) is 1.42. The lowest BCUT2D eigenvalue weighted by atomic mass is 10.0. The van der Waals surface area contributed by atoms with Crippen LogP contribution < -0.4 is 10.6 Å². The molecule has 0 aliphatic heterocycles. The van der Waals surface area contributed by atoms with Crippen molar-refractivity contribution >= 4 is 0 Å². The first-order chi connectivity index (χ1) is 7.02. The van der Waals surface area contributed by atoms with Crippen LogP contribution in [0.5, 0.6) is 0 Å². The van der Waals surface area contributed by atoms with E-state index in [1.807, 2.05) is 7.05 Å². The van der Waals surface area contributed by atoms with Crippen molar-refractivity contribution in [2.75, 3.05) is 13.6 Å². The molecule has 15 heavy (non-hydrogen) atoms. The molecule has 2 heteroatoms. The van der Waals surface area contributed by atoms with Crippen LogP contribution in [0, 0.1) is 0 Å². The van der Waals surface area contributed by atoms with Gasteiger partial charge in [0.15, 0.2) is 0 Å². The third-order valence-corrected chi connectivity index (χ3v) is 2.79. The van der Waals surface area contributed by atoms with E-state index in [1.54, 1.807) is 0 Å². The first-order valence-corrected chi connectivity index (χ1v) is 5.76. The highest BCUT2D eigenvalue weighted by Gasteiger charge is 2.09. The normalized spacial score (nSPS) is 14.7. The zero-order valence-corrected chi connectivity index (χ0v) is 10.7. The molecule has 0 aromatic heterocycles. The van der Waals surface area contributed by atoms with Gasteiger partial charge in [-0.2, -0.15) is 0 Å². The Hall–Kier alpha value is -0.600. The van der Waals surface area contributed by atoms with Crippen LogP contribution in [-0.2, 0) is 0 Å². The van der Waals surface area contributed by atoms with Gasteiger partial charge in [-0.3, -0.25) is 0 Å². The molecule has 0 amide bonds. The Kier molecular flexibility index (Phi) is 7.35. The highest BCUT2D eigenvalue weighted by atomic mass is 14.9. The molecule has 0 bridgehead atoms. The highest BCUT2D eigenvalue weighted by molar-refractivity contribution is 5.09. The van der Waals surface area contributed by atoms with Gasteiger partial charge < -0.3 is 10.6 Å². The van der Waals surface area contributed by atoms with Crippen molar-refractivity contribution in [3.8, 4) is 0 Å². The fourth-order valence-corrected chi connectivity index (χ4v) is 1.42. The van der Waals surface area contributed by atoms with E-state index in [0.29, 0.717) is 12.1 Å². The van der Waals surface area contributed by atoms with Crippen LogP contribution in [0.4, 0.5) is 0 Å². The van der Waals surface area contributed by atoms with Gasteiger partial charge in [-0.25, -0.2) is 0 Å². The van der Waals surface area contributed by atoms with Gasteiger partial charge in [0.05, 0.1) is 0 Å². The van der Waals surface area contributed by atoms with E-state index in [4.69, 9.17) is 0 Å². The van der Waals surface area contributed by atoms with Crippen molar-refractivity contribution in [2.45, 2.75) is 45.7 Å². The van der Waals surface area contributed by atoms with Crippen molar-refractivity contribution in [2.24, 2.45) is 0 Å². The van der Waals surface area contributed by atoms with Gasteiger partial charge in [0.1, 0.15) is 0 Å². The van der Waals surface area contributed by atoms with Crippen molar-refractivity contribution in [3.05, 3.63) is 24.3 Å². The summed E-state index contributed by atoms with van der Waals surface area (Å²) in [6, 6.07) is 0.792. The third kappa shape index (κ3) is 5.75. The Morgan fingerprint density at radius 2 is 1.93 bits per heavy atom. The van der Waals surface area contributed by atoms with E-state index in [1.165, 1.54) is 17.6 Å². The maximum absolute atomic E-state index is 4.06. The van der Waals surface area contributed by atoms with Crippen molar-refractivity contribution < 1.29 is 0 Å². The van der Waals surface area contributed by atoms with Crippen LogP contribution >= 0.6 is 0 Å². The quantitative estimate of drug-likeness (QED) is 0.601. The summed E-state index contributed by atoms with van der Waals surface area (Å²) >= 11 is 0. The van der Waals surface area contributed by atoms with Crippen molar-refractivity contribution in [1.29, 1.82) is 0 Å². The second kappa shape index (κ2) is 7.66. The van der Waals surface area contributed by atoms with Crippen LogP contribution in [0.3, 0.4) is 0 Å². The largest absolute Gasteiger partial charge is 0.314 e. The molecule has 0 fully saturated rings. The van der Waals surface area contributed by atoms with E-state index in [-0.39, 0.29) is 0 Å². The predicted octanol–water partition coefficient (Wildman–Crippen LogP) is 2.48. The first-order valence-electron chi connectivity index (χ1n) is 5.76. The summed E-state index contributed by atoms with van der Waals surface area (Å²) in [4.78, 5) is 0. The first kappa shape index (κ1) is 14.4. The molecule has 88 valence electrons. The zero-order valence-electron chi connectivity index (χ0n) is 10.7. The maximum atomic E-state index is 4.06. The number of rotatable bonds is 8. The minimum absolute atomic E-state index is 0.366. The molecule has 0 spiro atoms. The lowest BCUT2D eigenvalue weighted by Crippen LogP contribution is -2.35. The van der Waals surface area contributed by atoms with Crippen LogP contribution in [0.2, 0.25) is 0 Å². The Morgan fingerprint density at radius 1 is 1.33 bits per heavy atom. The SMILES string of the molecule is C=C(CNC(CCC)C(=C)C)C(C)NC. The average Bonchev–Trinajstić information content (AvgIpc) is 2.21. The molecule has 2 atom stereocenters. The van der Waals surface area contributed by atoms with Gasteiger partial charge in [-0.05, 0) is 32.9 Å². The van der Waals surface area contributed by atoms with Gasteiger partial charge in [0, 0.05) is 18.6 Å².